The quantitative estimate of drug-likeness (QED) is 0.794. The molecule has 1 unspecified atom stereocenters. The first-order valence-electron chi connectivity index (χ1n) is 5.56. The third-order valence-corrected chi connectivity index (χ3v) is 2.73. The van der Waals surface area contributed by atoms with Crippen molar-refractivity contribution >= 4 is 5.91 Å². The molecule has 1 aromatic rings. The van der Waals surface area contributed by atoms with Gasteiger partial charge >= 0.3 is 0 Å². The van der Waals surface area contributed by atoms with Crippen molar-refractivity contribution in [2.24, 2.45) is 5.73 Å². The lowest BCUT2D eigenvalue weighted by Crippen LogP contribution is -2.27. The Kier molecular flexibility index (Phi) is 3.49. The lowest BCUT2D eigenvalue weighted by atomic mass is 10.2. The zero-order valence-corrected chi connectivity index (χ0v) is 9.73. The smallest absolute Gasteiger partial charge is 0.261 e. The third kappa shape index (κ3) is 2.50. The normalized spacial score (nSPS) is 18.9. The van der Waals surface area contributed by atoms with E-state index in [2.05, 4.69) is 5.32 Å². The molecule has 1 aromatic carbocycles. The van der Waals surface area contributed by atoms with E-state index in [0.717, 1.165) is 5.56 Å². The molecule has 2 rings (SSSR count). The Hall–Kier alpha value is -1.75. The van der Waals surface area contributed by atoms with E-state index in [9.17, 15) is 4.79 Å². The molecule has 0 aromatic heterocycles. The summed E-state index contributed by atoms with van der Waals surface area (Å²) < 4.78 is 10.9. The second-order valence-electron chi connectivity index (χ2n) is 3.88. The molecule has 0 bridgehead atoms. The van der Waals surface area contributed by atoms with Gasteiger partial charge in [0.2, 0.25) is 0 Å². The van der Waals surface area contributed by atoms with E-state index in [1.807, 2.05) is 12.1 Å². The van der Waals surface area contributed by atoms with Crippen LogP contribution in [0.2, 0.25) is 0 Å². The lowest BCUT2D eigenvalue weighted by Gasteiger charge is -2.15. The molecular formula is C12H16N2O3. The van der Waals surface area contributed by atoms with Gasteiger partial charge in [-0.1, -0.05) is 6.07 Å². The highest BCUT2D eigenvalue weighted by Gasteiger charge is 2.26. The summed E-state index contributed by atoms with van der Waals surface area (Å²) in [4.78, 5) is 11.4. The number of nitrogens with two attached hydrogens (primary N) is 1. The van der Waals surface area contributed by atoms with E-state index >= 15 is 0 Å². The Bertz CT molecular complexity index is 420. The second-order valence-corrected chi connectivity index (χ2v) is 3.88. The number of carbonyl (C=O) groups is 1. The van der Waals surface area contributed by atoms with E-state index in [1.165, 1.54) is 0 Å². The van der Waals surface area contributed by atoms with E-state index in [4.69, 9.17) is 15.2 Å². The van der Waals surface area contributed by atoms with E-state index in [1.54, 1.807) is 13.2 Å². The summed E-state index contributed by atoms with van der Waals surface area (Å²) >= 11 is 0. The maximum Gasteiger partial charge on any atom is 0.261 e. The highest BCUT2D eigenvalue weighted by atomic mass is 16.5. The van der Waals surface area contributed by atoms with Crippen molar-refractivity contribution in [2.45, 2.75) is 19.1 Å². The molecule has 0 spiro atoms. The van der Waals surface area contributed by atoms with Crippen molar-refractivity contribution in [2.75, 3.05) is 13.7 Å². The number of methoxy groups -OCH3 is 1. The number of ether oxygens (including phenoxy) is 2. The van der Waals surface area contributed by atoms with Crippen LogP contribution in [0.25, 0.3) is 0 Å². The van der Waals surface area contributed by atoms with E-state index < -0.39 is 6.10 Å². The highest BCUT2D eigenvalue weighted by Crippen LogP contribution is 2.29. The molecule has 3 N–H and O–H groups in total. The fourth-order valence-electron chi connectivity index (χ4n) is 1.78. The van der Waals surface area contributed by atoms with Gasteiger partial charge in [-0.2, -0.15) is 0 Å². The fraction of sp³-hybridized carbons (Fsp3) is 0.417. The molecule has 0 aliphatic carbocycles. The minimum Gasteiger partial charge on any atom is -0.493 e. The van der Waals surface area contributed by atoms with Gasteiger partial charge in [0, 0.05) is 19.5 Å². The monoisotopic (exact) mass is 236 g/mol. The number of hydrogen-bond donors (Lipinski definition) is 2. The molecule has 1 aliphatic heterocycles. The number of carbonyl (C=O) groups excluding carboxylic acids is 1. The first-order chi connectivity index (χ1) is 8.24. The number of nitrogens with one attached hydrogen (secondary N) is 1. The van der Waals surface area contributed by atoms with Crippen LogP contribution in [0.15, 0.2) is 18.2 Å². The number of rotatable bonds is 4. The highest BCUT2D eigenvalue weighted by molar-refractivity contribution is 5.83. The maximum absolute atomic E-state index is 11.4. The maximum atomic E-state index is 11.4. The molecule has 5 heteroatoms. The van der Waals surface area contributed by atoms with E-state index in [-0.39, 0.29) is 5.91 Å². The van der Waals surface area contributed by atoms with Crippen LogP contribution in [0, 0.1) is 0 Å². The Morgan fingerprint density at radius 3 is 2.88 bits per heavy atom. The van der Waals surface area contributed by atoms with Crippen LogP contribution in [-0.2, 0) is 11.3 Å². The van der Waals surface area contributed by atoms with Crippen LogP contribution in [0.4, 0.5) is 0 Å². The van der Waals surface area contributed by atoms with Gasteiger partial charge in [0.15, 0.2) is 17.6 Å². The zero-order chi connectivity index (χ0) is 12.3. The predicted molar refractivity (Wildman–Crippen MR) is 62.9 cm³/mol. The molecule has 92 valence electrons. The van der Waals surface area contributed by atoms with Crippen molar-refractivity contribution in [1.29, 1.82) is 0 Å². The molecule has 5 nitrogen and oxygen atoms in total. The van der Waals surface area contributed by atoms with Crippen molar-refractivity contribution < 1.29 is 14.3 Å². The zero-order valence-electron chi connectivity index (χ0n) is 9.73. The third-order valence-electron chi connectivity index (χ3n) is 2.73. The van der Waals surface area contributed by atoms with Crippen LogP contribution in [0.1, 0.15) is 12.0 Å². The van der Waals surface area contributed by atoms with Gasteiger partial charge < -0.3 is 20.5 Å². The van der Waals surface area contributed by atoms with Crippen LogP contribution in [0.3, 0.4) is 0 Å². The fourth-order valence-corrected chi connectivity index (χ4v) is 1.78. The summed E-state index contributed by atoms with van der Waals surface area (Å²) in [6, 6.07) is 5.48. The number of benzene rings is 1. The van der Waals surface area contributed by atoms with Crippen molar-refractivity contribution in [3.63, 3.8) is 0 Å². The van der Waals surface area contributed by atoms with Gasteiger partial charge in [-0.15, -0.1) is 0 Å². The Balaban J connectivity index is 2.20. The molecule has 1 fully saturated rings. The van der Waals surface area contributed by atoms with Crippen LogP contribution < -0.4 is 20.5 Å². The van der Waals surface area contributed by atoms with Gasteiger partial charge in [-0.05, 0) is 17.7 Å². The van der Waals surface area contributed by atoms with Crippen molar-refractivity contribution in [1.82, 2.24) is 5.32 Å². The molecular weight excluding hydrogens is 220 g/mol. The van der Waals surface area contributed by atoms with Crippen LogP contribution >= 0.6 is 0 Å². The minimum atomic E-state index is -0.433. The van der Waals surface area contributed by atoms with Gasteiger partial charge in [0.25, 0.3) is 5.91 Å². The van der Waals surface area contributed by atoms with Gasteiger partial charge in [0.1, 0.15) is 0 Å². The summed E-state index contributed by atoms with van der Waals surface area (Å²) in [7, 11) is 1.57. The largest absolute Gasteiger partial charge is 0.493 e. The topological polar surface area (TPSA) is 73.6 Å². The molecule has 0 saturated carbocycles. The van der Waals surface area contributed by atoms with Crippen LogP contribution in [-0.4, -0.2) is 25.7 Å². The molecule has 1 amide bonds. The SMILES string of the molecule is COc1ccc(CN)cc1OC1CCNC1=O. The Labute approximate surface area is 99.9 Å². The first kappa shape index (κ1) is 11.7. The molecule has 1 aliphatic rings. The summed E-state index contributed by atoms with van der Waals surface area (Å²) in [5, 5.41) is 2.73. The summed E-state index contributed by atoms with van der Waals surface area (Å²) in [6.45, 7) is 1.08. The van der Waals surface area contributed by atoms with Crippen molar-refractivity contribution in [3.05, 3.63) is 23.8 Å². The predicted octanol–water partition coefficient (Wildman–Crippen LogP) is 0.421. The Morgan fingerprint density at radius 1 is 1.47 bits per heavy atom. The van der Waals surface area contributed by atoms with E-state index in [0.29, 0.717) is 31.0 Å². The van der Waals surface area contributed by atoms with Crippen LogP contribution in [0.5, 0.6) is 11.5 Å². The lowest BCUT2D eigenvalue weighted by molar-refractivity contribution is -0.124. The Morgan fingerprint density at radius 2 is 2.29 bits per heavy atom. The van der Waals surface area contributed by atoms with Gasteiger partial charge in [0.05, 0.1) is 7.11 Å². The number of amides is 1. The summed E-state index contributed by atoms with van der Waals surface area (Å²) in [5.41, 5.74) is 6.51. The minimum absolute atomic E-state index is 0.0785. The average molecular weight is 236 g/mol. The average Bonchev–Trinajstić information content (AvgIpc) is 2.75. The molecule has 1 heterocycles. The summed E-state index contributed by atoms with van der Waals surface area (Å²) in [6.07, 6.45) is 0.242. The molecule has 0 radical (unpaired) electrons. The second kappa shape index (κ2) is 5.05. The first-order valence-corrected chi connectivity index (χ1v) is 5.56. The standard InChI is InChI=1S/C12H16N2O3/c1-16-9-3-2-8(7-13)6-11(9)17-10-4-5-14-12(10)15/h2-3,6,10H,4-5,7,13H2,1H3,(H,14,15). The van der Waals surface area contributed by atoms with Crippen molar-refractivity contribution in [3.8, 4) is 11.5 Å². The summed E-state index contributed by atoms with van der Waals surface area (Å²) in [5.74, 6) is 1.10. The molecule has 1 atom stereocenters. The van der Waals surface area contributed by atoms with Gasteiger partial charge in [-0.3, -0.25) is 4.79 Å². The molecule has 17 heavy (non-hydrogen) atoms. The number of hydrogen-bond acceptors (Lipinski definition) is 4. The van der Waals surface area contributed by atoms with Gasteiger partial charge in [-0.25, -0.2) is 0 Å². The molecule has 1 saturated heterocycles.